The number of anilines is 1. The van der Waals surface area contributed by atoms with Crippen LogP contribution in [0.5, 0.6) is 0 Å². The van der Waals surface area contributed by atoms with Crippen LogP contribution >= 0.6 is 0 Å². The highest BCUT2D eigenvalue weighted by Gasteiger charge is 2.28. The number of nitrogens with two attached hydrogens (primary N) is 1. The summed E-state index contributed by atoms with van der Waals surface area (Å²) in [6, 6.07) is 6.11. The van der Waals surface area contributed by atoms with E-state index in [9.17, 15) is 4.39 Å². The molecule has 110 valence electrons. The summed E-state index contributed by atoms with van der Waals surface area (Å²) in [5, 5.41) is 0. The summed E-state index contributed by atoms with van der Waals surface area (Å²) in [6.45, 7) is 4.80. The van der Waals surface area contributed by atoms with Gasteiger partial charge in [0.15, 0.2) is 0 Å². The molecule has 1 aromatic carbocycles. The molecule has 1 atom stereocenters. The topological polar surface area (TPSA) is 32.5 Å². The smallest absolute Gasteiger partial charge is 0.129 e. The van der Waals surface area contributed by atoms with Crippen molar-refractivity contribution in [3.05, 3.63) is 29.6 Å². The second kappa shape index (κ2) is 6.10. The van der Waals surface area contributed by atoms with Crippen LogP contribution in [-0.2, 0) is 6.54 Å². The molecule has 0 amide bonds. The van der Waals surface area contributed by atoms with E-state index < -0.39 is 0 Å². The number of hydrogen-bond donors (Lipinski definition) is 1. The van der Waals surface area contributed by atoms with Gasteiger partial charge in [0.2, 0.25) is 0 Å². The van der Waals surface area contributed by atoms with Crippen molar-refractivity contribution < 1.29 is 4.39 Å². The van der Waals surface area contributed by atoms with E-state index in [1.807, 2.05) is 12.1 Å². The van der Waals surface area contributed by atoms with Crippen molar-refractivity contribution >= 4 is 5.69 Å². The maximum Gasteiger partial charge on any atom is 0.129 e. The quantitative estimate of drug-likeness (QED) is 0.920. The molecule has 20 heavy (non-hydrogen) atoms. The Morgan fingerprint density at radius 1 is 1.15 bits per heavy atom. The van der Waals surface area contributed by atoms with Crippen molar-refractivity contribution in [1.82, 2.24) is 4.90 Å². The number of benzene rings is 1. The lowest BCUT2D eigenvalue weighted by atomic mass is 10.1. The van der Waals surface area contributed by atoms with Gasteiger partial charge in [-0.25, -0.2) is 4.39 Å². The van der Waals surface area contributed by atoms with Gasteiger partial charge in [-0.2, -0.15) is 0 Å². The molecular weight excluding hydrogens is 253 g/mol. The van der Waals surface area contributed by atoms with Gasteiger partial charge in [-0.3, -0.25) is 4.90 Å². The SMILES string of the molecule is NCc1ccc(N2CCC(N3CCCCC3)C2)cc1F. The number of rotatable bonds is 3. The number of piperidine rings is 1. The fraction of sp³-hybridized carbons (Fsp3) is 0.625. The minimum absolute atomic E-state index is 0.175. The van der Waals surface area contributed by atoms with E-state index in [0.717, 1.165) is 18.8 Å². The van der Waals surface area contributed by atoms with Gasteiger partial charge in [0, 0.05) is 36.9 Å². The van der Waals surface area contributed by atoms with Gasteiger partial charge in [0.1, 0.15) is 5.82 Å². The van der Waals surface area contributed by atoms with Crippen LogP contribution in [-0.4, -0.2) is 37.1 Å². The molecular formula is C16H24FN3. The third-order valence-corrected chi connectivity index (χ3v) is 4.69. The van der Waals surface area contributed by atoms with E-state index in [4.69, 9.17) is 5.73 Å². The molecule has 0 aromatic heterocycles. The average Bonchev–Trinajstić information content (AvgIpc) is 2.98. The molecule has 3 nitrogen and oxygen atoms in total. The zero-order chi connectivity index (χ0) is 13.9. The Kier molecular flexibility index (Phi) is 4.22. The summed E-state index contributed by atoms with van der Waals surface area (Å²) in [7, 11) is 0. The van der Waals surface area contributed by atoms with Gasteiger partial charge in [0.25, 0.3) is 0 Å². The summed E-state index contributed by atoms with van der Waals surface area (Å²) in [5.41, 5.74) is 7.11. The second-order valence-corrected chi connectivity index (χ2v) is 5.96. The summed E-state index contributed by atoms with van der Waals surface area (Å²) < 4.78 is 13.8. The standard InChI is InChI=1S/C16H24FN3/c17-16-10-14(5-4-13(16)11-18)20-9-6-15(12-20)19-7-2-1-3-8-19/h4-5,10,15H,1-3,6-9,11-12,18H2. The van der Waals surface area contributed by atoms with Crippen molar-refractivity contribution in [2.45, 2.75) is 38.3 Å². The van der Waals surface area contributed by atoms with E-state index in [2.05, 4.69) is 9.80 Å². The van der Waals surface area contributed by atoms with Crippen molar-refractivity contribution in [1.29, 1.82) is 0 Å². The second-order valence-electron chi connectivity index (χ2n) is 5.96. The minimum atomic E-state index is -0.175. The molecule has 2 aliphatic heterocycles. The molecule has 0 aliphatic carbocycles. The maximum atomic E-state index is 13.8. The molecule has 2 heterocycles. The molecule has 1 aromatic rings. The lowest BCUT2D eigenvalue weighted by molar-refractivity contribution is 0.175. The summed E-state index contributed by atoms with van der Waals surface area (Å²) in [5.74, 6) is -0.175. The van der Waals surface area contributed by atoms with Crippen LogP contribution in [0.2, 0.25) is 0 Å². The Bertz CT molecular complexity index is 457. The zero-order valence-electron chi connectivity index (χ0n) is 12.0. The average molecular weight is 277 g/mol. The highest BCUT2D eigenvalue weighted by atomic mass is 19.1. The molecule has 2 saturated heterocycles. The predicted octanol–water partition coefficient (Wildman–Crippen LogP) is 2.35. The predicted molar refractivity (Wildman–Crippen MR) is 80.3 cm³/mol. The van der Waals surface area contributed by atoms with Crippen LogP contribution in [0, 0.1) is 5.82 Å². The van der Waals surface area contributed by atoms with Crippen LogP contribution in [0.15, 0.2) is 18.2 Å². The molecule has 3 rings (SSSR count). The van der Waals surface area contributed by atoms with Gasteiger partial charge >= 0.3 is 0 Å². The third-order valence-electron chi connectivity index (χ3n) is 4.69. The van der Waals surface area contributed by atoms with Gasteiger partial charge in [0.05, 0.1) is 0 Å². The van der Waals surface area contributed by atoms with Gasteiger partial charge in [-0.1, -0.05) is 12.5 Å². The maximum absolute atomic E-state index is 13.8. The van der Waals surface area contributed by atoms with E-state index in [1.165, 1.54) is 38.8 Å². The highest BCUT2D eigenvalue weighted by Crippen LogP contribution is 2.26. The van der Waals surface area contributed by atoms with Crippen molar-refractivity contribution in [3.8, 4) is 0 Å². The lowest BCUT2D eigenvalue weighted by Gasteiger charge is -2.32. The van der Waals surface area contributed by atoms with Crippen molar-refractivity contribution in [2.24, 2.45) is 5.73 Å². The normalized spacial score (nSPS) is 24.3. The monoisotopic (exact) mass is 277 g/mol. The molecule has 4 heteroatoms. The summed E-state index contributed by atoms with van der Waals surface area (Å²) >= 11 is 0. The minimum Gasteiger partial charge on any atom is -0.370 e. The number of halogens is 1. The Balaban J connectivity index is 1.65. The first-order chi connectivity index (χ1) is 9.78. The fourth-order valence-corrected chi connectivity index (χ4v) is 3.46. The van der Waals surface area contributed by atoms with E-state index in [0.29, 0.717) is 11.6 Å². The van der Waals surface area contributed by atoms with Gasteiger partial charge in [-0.15, -0.1) is 0 Å². The first-order valence-corrected chi connectivity index (χ1v) is 7.75. The molecule has 0 radical (unpaired) electrons. The zero-order valence-corrected chi connectivity index (χ0v) is 12.0. The molecule has 2 fully saturated rings. The van der Waals surface area contributed by atoms with Crippen LogP contribution in [0.1, 0.15) is 31.2 Å². The van der Waals surface area contributed by atoms with E-state index in [1.54, 1.807) is 6.07 Å². The fourth-order valence-electron chi connectivity index (χ4n) is 3.46. The molecule has 2 N–H and O–H groups in total. The van der Waals surface area contributed by atoms with E-state index in [-0.39, 0.29) is 12.4 Å². The van der Waals surface area contributed by atoms with Gasteiger partial charge < -0.3 is 10.6 Å². The van der Waals surface area contributed by atoms with Crippen molar-refractivity contribution in [2.75, 3.05) is 31.1 Å². The van der Waals surface area contributed by atoms with Crippen molar-refractivity contribution in [3.63, 3.8) is 0 Å². The first-order valence-electron chi connectivity index (χ1n) is 7.75. The largest absolute Gasteiger partial charge is 0.370 e. The highest BCUT2D eigenvalue weighted by molar-refractivity contribution is 5.49. The number of likely N-dealkylation sites (tertiary alicyclic amines) is 1. The van der Waals surface area contributed by atoms with Crippen LogP contribution in [0.25, 0.3) is 0 Å². The number of nitrogens with zero attached hydrogens (tertiary/aromatic N) is 2. The number of hydrogen-bond acceptors (Lipinski definition) is 3. The first kappa shape index (κ1) is 13.8. The Hall–Kier alpha value is -1.13. The Morgan fingerprint density at radius 3 is 2.65 bits per heavy atom. The third kappa shape index (κ3) is 2.81. The molecule has 0 spiro atoms. The van der Waals surface area contributed by atoms with Crippen LogP contribution in [0.4, 0.5) is 10.1 Å². The molecule has 0 bridgehead atoms. The van der Waals surface area contributed by atoms with E-state index >= 15 is 0 Å². The summed E-state index contributed by atoms with van der Waals surface area (Å²) in [4.78, 5) is 4.93. The lowest BCUT2D eigenvalue weighted by Crippen LogP contribution is -2.40. The Morgan fingerprint density at radius 2 is 1.95 bits per heavy atom. The summed E-state index contributed by atoms with van der Waals surface area (Å²) in [6.07, 6.45) is 5.23. The molecule has 1 unspecified atom stereocenters. The molecule has 0 saturated carbocycles. The molecule has 2 aliphatic rings. The Labute approximate surface area is 120 Å². The van der Waals surface area contributed by atoms with Crippen LogP contribution < -0.4 is 10.6 Å². The van der Waals surface area contributed by atoms with Gasteiger partial charge in [-0.05, 0) is 44.5 Å². The van der Waals surface area contributed by atoms with Crippen LogP contribution in [0.3, 0.4) is 0 Å².